The number of azide groups is 1. The smallest absolute Gasteiger partial charge is 0.233 e. The number of benzene rings is 2. The van der Waals surface area contributed by atoms with Crippen LogP contribution < -0.4 is 5.32 Å². The van der Waals surface area contributed by atoms with Crippen LogP contribution in [0.5, 0.6) is 0 Å². The monoisotopic (exact) mass is 445 g/mol. The van der Waals surface area contributed by atoms with Gasteiger partial charge in [0.25, 0.3) is 0 Å². The number of rotatable bonds is 5. The van der Waals surface area contributed by atoms with E-state index in [1.54, 1.807) is 0 Å². The SMILES string of the molecule is [N-]=[N+]=Nc1ccc2c(c1)CN(C(=O)[C@@]1(c3ccccc3)CC[C@@H](NC3CCOCC3)C1)CC2. The van der Waals surface area contributed by atoms with Gasteiger partial charge in [-0.15, -0.1) is 0 Å². The topological polar surface area (TPSA) is 90.3 Å². The Bertz CT molecular complexity index is 1050. The molecule has 2 aromatic rings. The van der Waals surface area contributed by atoms with Gasteiger partial charge in [0.15, 0.2) is 0 Å². The lowest BCUT2D eigenvalue weighted by atomic mass is 9.76. The second-order valence-corrected chi connectivity index (χ2v) is 9.56. The van der Waals surface area contributed by atoms with Crippen LogP contribution in [-0.4, -0.2) is 42.6 Å². The van der Waals surface area contributed by atoms with Crippen LogP contribution in [0.15, 0.2) is 53.6 Å². The van der Waals surface area contributed by atoms with E-state index in [0.29, 0.717) is 24.3 Å². The molecule has 0 radical (unpaired) electrons. The summed E-state index contributed by atoms with van der Waals surface area (Å²) in [6.45, 7) is 2.92. The zero-order valence-electron chi connectivity index (χ0n) is 18.9. The Kier molecular flexibility index (Phi) is 6.36. The van der Waals surface area contributed by atoms with Crippen molar-refractivity contribution >= 4 is 11.6 Å². The van der Waals surface area contributed by atoms with Crippen LogP contribution in [0.2, 0.25) is 0 Å². The van der Waals surface area contributed by atoms with Gasteiger partial charge in [-0.25, -0.2) is 0 Å². The second kappa shape index (κ2) is 9.56. The van der Waals surface area contributed by atoms with Crippen molar-refractivity contribution in [3.63, 3.8) is 0 Å². The summed E-state index contributed by atoms with van der Waals surface area (Å²) in [4.78, 5) is 19.1. The first-order valence-electron chi connectivity index (χ1n) is 12.0. The Morgan fingerprint density at radius 2 is 1.91 bits per heavy atom. The molecule has 1 N–H and O–H groups in total. The molecule has 0 bridgehead atoms. The molecule has 1 amide bonds. The summed E-state index contributed by atoms with van der Waals surface area (Å²) in [6.07, 6.45) is 5.60. The molecular formula is C26H31N5O2. The van der Waals surface area contributed by atoms with Gasteiger partial charge in [-0.1, -0.05) is 47.6 Å². The maximum atomic E-state index is 14.2. The van der Waals surface area contributed by atoms with E-state index in [1.807, 2.05) is 41.3 Å². The van der Waals surface area contributed by atoms with E-state index in [0.717, 1.165) is 69.4 Å². The lowest BCUT2D eigenvalue weighted by molar-refractivity contribution is -0.138. The molecule has 1 saturated carbocycles. The van der Waals surface area contributed by atoms with Crippen LogP contribution in [-0.2, 0) is 27.9 Å². The highest BCUT2D eigenvalue weighted by atomic mass is 16.5. The first kappa shape index (κ1) is 22.0. The predicted molar refractivity (Wildman–Crippen MR) is 127 cm³/mol. The Hall–Kier alpha value is -2.86. The predicted octanol–water partition coefficient (Wildman–Crippen LogP) is 4.77. The second-order valence-electron chi connectivity index (χ2n) is 9.56. The average Bonchev–Trinajstić information content (AvgIpc) is 3.29. The molecule has 1 saturated heterocycles. The first-order valence-corrected chi connectivity index (χ1v) is 12.0. The van der Waals surface area contributed by atoms with Crippen molar-refractivity contribution in [3.8, 4) is 0 Å². The number of fused-ring (bicyclic) bond motifs is 1. The summed E-state index contributed by atoms with van der Waals surface area (Å²) in [6, 6.07) is 17.0. The number of hydrogen-bond acceptors (Lipinski definition) is 4. The van der Waals surface area contributed by atoms with Gasteiger partial charge in [-0.05, 0) is 66.8 Å². The summed E-state index contributed by atoms with van der Waals surface area (Å²) in [7, 11) is 0. The van der Waals surface area contributed by atoms with Gasteiger partial charge < -0.3 is 15.0 Å². The van der Waals surface area contributed by atoms with Crippen LogP contribution in [0, 0.1) is 0 Å². The minimum Gasteiger partial charge on any atom is -0.381 e. The fourth-order valence-electron chi connectivity index (χ4n) is 5.86. The number of nitrogens with zero attached hydrogens (tertiary/aromatic N) is 4. The molecule has 0 unspecified atom stereocenters. The largest absolute Gasteiger partial charge is 0.381 e. The van der Waals surface area contributed by atoms with Gasteiger partial charge in [0.2, 0.25) is 5.91 Å². The highest BCUT2D eigenvalue weighted by molar-refractivity contribution is 5.89. The fourth-order valence-corrected chi connectivity index (χ4v) is 5.86. The molecule has 7 nitrogen and oxygen atoms in total. The number of nitrogens with one attached hydrogen (secondary N) is 1. The van der Waals surface area contributed by atoms with Crippen molar-refractivity contribution < 1.29 is 9.53 Å². The van der Waals surface area contributed by atoms with E-state index in [1.165, 1.54) is 5.56 Å². The van der Waals surface area contributed by atoms with Crippen LogP contribution in [0.25, 0.3) is 10.4 Å². The number of hydrogen-bond donors (Lipinski definition) is 1. The van der Waals surface area contributed by atoms with Crippen LogP contribution in [0.3, 0.4) is 0 Å². The Balaban J connectivity index is 1.39. The summed E-state index contributed by atoms with van der Waals surface area (Å²) >= 11 is 0. The van der Waals surface area contributed by atoms with Crippen LogP contribution >= 0.6 is 0 Å². The summed E-state index contributed by atoms with van der Waals surface area (Å²) in [5.41, 5.74) is 12.3. The van der Waals surface area contributed by atoms with Gasteiger partial charge in [0, 0.05) is 49.0 Å². The lowest BCUT2D eigenvalue weighted by Crippen LogP contribution is -2.49. The molecule has 0 spiro atoms. The minimum absolute atomic E-state index is 0.227. The summed E-state index contributed by atoms with van der Waals surface area (Å²) < 4.78 is 5.52. The molecule has 2 atom stereocenters. The van der Waals surface area contributed by atoms with E-state index in [-0.39, 0.29) is 5.91 Å². The third kappa shape index (κ3) is 4.49. The lowest BCUT2D eigenvalue weighted by Gasteiger charge is -2.38. The van der Waals surface area contributed by atoms with E-state index in [9.17, 15) is 4.79 Å². The Morgan fingerprint density at radius 1 is 1.09 bits per heavy atom. The number of carbonyl (C=O) groups excluding carboxylic acids is 1. The number of carbonyl (C=O) groups is 1. The van der Waals surface area contributed by atoms with Crippen molar-refractivity contribution in [1.29, 1.82) is 0 Å². The Morgan fingerprint density at radius 3 is 2.70 bits per heavy atom. The quantitative estimate of drug-likeness (QED) is 0.408. The zero-order valence-corrected chi connectivity index (χ0v) is 18.9. The van der Waals surface area contributed by atoms with Crippen molar-refractivity contribution in [3.05, 3.63) is 75.7 Å². The molecule has 5 rings (SSSR count). The van der Waals surface area contributed by atoms with Crippen molar-refractivity contribution in [1.82, 2.24) is 10.2 Å². The van der Waals surface area contributed by atoms with E-state index >= 15 is 0 Å². The highest BCUT2D eigenvalue weighted by Gasteiger charge is 2.49. The molecule has 2 heterocycles. The maximum Gasteiger partial charge on any atom is 0.233 e. The molecule has 7 heteroatoms. The van der Waals surface area contributed by atoms with Gasteiger partial charge >= 0.3 is 0 Å². The van der Waals surface area contributed by atoms with Crippen molar-refractivity contribution in [2.45, 2.75) is 62.6 Å². The maximum absolute atomic E-state index is 14.2. The molecule has 2 fully saturated rings. The van der Waals surface area contributed by atoms with Crippen LogP contribution in [0.1, 0.15) is 48.8 Å². The standard InChI is InChI=1S/C26H31N5O2/c27-30-29-23-7-6-19-9-13-31(18-20(19)16-23)25(32)26(21-4-2-1-3-5-21)12-8-24(17-26)28-22-10-14-33-15-11-22/h1-7,16,22,24,28H,8-15,17-18H2/t24-,26+/m1/s1. The molecule has 0 aromatic heterocycles. The molecule has 33 heavy (non-hydrogen) atoms. The minimum atomic E-state index is -0.496. The van der Waals surface area contributed by atoms with E-state index in [2.05, 4.69) is 27.5 Å². The number of ether oxygens (including phenoxy) is 1. The molecule has 2 aromatic carbocycles. The molecule has 3 aliphatic rings. The van der Waals surface area contributed by atoms with Gasteiger partial charge in [-0.2, -0.15) is 0 Å². The normalized spacial score (nSPS) is 25.3. The Labute approximate surface area is 194 Å². The molecule has 172 valence electrons. The zero-order chi connectivity index (χ0) is 22.7. The molecule has 1 aliphatic carbocycles. The molecular weight excluding hydrogens is 414 g/mol. The summed E-state index contributed by atoms with van der Waals surface area (Å²) in [5, 5.41) is 7.59. The van der Waals surface area contributed by atoms with E-state index < -0.39 is 5.41 Å². The van der Waals surface area contributed by atoms with E-state index in [4.69, 9.17) is 10.3 Å². The first-order chi connectivity index (χ1) is 16.2. The third-order valence-electron chi connectivity index (χ3n) is 7.59. The van der Waals surface area contributed by atoms with Gasteiger partial charge in [0.1, 0.15) is 0 Å². The van der Waals surface area contributed by atoms with Crippen molar-refractivity contribution in [2.75, 3.05) is 19.8 Å². The molecule has 2 aliphatic heterocycles. The van der Waals surface area contributed by atoms with Gasteiger partial charge in [0.05, 0.1) is 5.41 Å². The summed E-state index contributed by atoms with van der Waals surface area (Å²) in [5.74, 6) is 0.227. The van der Waals surface area contributed by atoms with Crippen LogP contribution in [0.4, 0.5) is 5.69 Å². The van der Waals surface area contributed by atoms with Crippen molar-refractivity contribution in [2.24, 2.45) is 5.11 Å². The fraction of sp³-hybridized carbons (Fsp3) is 0.500. The third-order valence-corrected chi connectivity index (χ3v) is 7.59. The van der Waals surface area contributed by atoms with Gasteiger partial charge in [-0.3, -0.25) is 4.79 Å². The average molecular weight is 446 g/mol. The number of amides is 1. The highest BCUT2D eigenvalue weighted by Crippen LogP contribution is 2.44.